The fourth-order valence-corrected chi connectivity index (χ4v) is 2.44. The Balaban J connectivity index is 2.39. The van der Waals surface area contributed by atoms with Gasteiger partial charge in [0.05, 0.1) is 20.2 Å². The Morgan fingerprint density at radius 1 is 1.11 bits per heavy atom. The predicted molar refractivity (Wildman–Crippen MR) is 72.8 cm³/mol. The molecule has 19 heavy (non-hydrogen) atoms. The van der Waals surface area contributed by atoms with Crippen molar-refractivity contribution in [3.8, 4) is 11.5 Å². The van der Waals surface area contributed by atoms with Crippen LogP contribution in [0.4, 0.5) is 0 Å². The maximum Gasteiger partial charge on any atom is 0.161 e. The molecule has 0 heterocycles. The summed E-state index contributed by atoms with van der Waals surface area (Å²) in [5.74, 6) is 0.193. The number of carbonyl (C=O) groups is 1. The molecule has 0 radical (unpaired) electrons. The number of ether oxygens (including phenoxy) is 2. The van der Waals surface area contributed by atoms with E-state index in [4.69, 9.17) is 9.47 Å². The number of carbonyl (C=O) groups excluding carboxylic acids is 1. The number of aliphatic carboxylic acids is 1. The van der Waals surface area contributed by atoms with E-state index in [0.717, 1.165) is 15.7 Å². The van der Waals surface area contributed by atoms with E-state index < -0.39 is 5.97 Å². The van der Waals surface area contributed by atoms with E-state index in [2.05, 4.69) is 0 Å². The van der Waals surface area contributed by atoms with E-state index in [-0.39, 0.29) is 5.75 Å². The molecule has 0 aliphatic rings. The number of hydrogen-bond acceptors (Lipinski definition) is 5. The summed E-state index contributed by atoms with van der Waals surface area (Å²) < 4.78 is 10.5. The van der Waals surface area contributed by atoms with E-state index in [0.29, 0.717) is 11.5 Å². The second-order valence-electron chi connectivity index (χ2n) is 3.88. The number of carboxylic acids is 1. The Kier molecular flexibility index (Phi) is 4.16. The maximum atomic E-state index is 10.5. The summed E-state index contributed by atoms with van der Waals surface area (Å²) in [4.78, 5) is 11.3. The van der Waals surface area contributed by atoms with Crippen LogP contribution in [-0.2, 0) is 4.79 Å². The maximum absolute atomic E-state index is 10.5. The lowest BCUT2D eigenvalue weighted by atomic mass is 10.1. The zero-order valence-electron chi connectivity index (χ0n) is 10.6. The number of hydrogen-bond donors (Lipinski definition) is 0. The van der Waals surface area contributed by atoms with E-state index in [1.54, 1.807) is 14.2 Å². The lowest BCUT2D eigenvalue weighted by molar-refractivity contribution is -0.301. The Morgan fingerprint density at radius 3 is 2.32 bits per heavy atom. The summed E-state index contributed by atoms with van der Waals surface area (Å²) in [6, 6.07) is 9.49. The molecular formula is C14H13O4S-. The summed E-state index contributed by atoms with van der Waals surface area (Å²) >= 11 is 1.23. The van der Waals surface area contributed by atoms with Crippen LogP contribution in [0.25, 0.3) is 10.8 Å². The van der Waals surface area contributed by atoms with Crippen LogP contribution in [0.15, 0.2) is 35.2 Å². The van der Waals surface area contributed by atoms with Gasteiger partial charge in [-0.2, -0.15) is 0 Å². The summed E-state index contributed by atoms with van der Waals surface area (Å²) in [6.45, 7) is 0. The number of benzene rings is 2. The van der Waals surface area contributed by atoms with Crippen molar-refractivity contribution in [1.29, 1.82) is 0 Å². The molecule has 0 fully saturated rings. The van der Waals surface area contributed by atoms with Crippen LogP contribution in [0, 0.1) is 0 Å². The first-order valence-electron chi connectivity index (χ1n) is 5.62. The molecule has 100 valence electrons. The summed E-state index contributed by atoms with van der Waals surface area (Å²) in [5, 5.41) is 12.4. The van der Waals surface area contributed by atoms with Gasteiger partial charge in [0, 0.05) is 10.6 Å². The third-order valence-electron chi connectivity index (χ3n) is 2.67. The van der Waals surface area contributed by atoms with Gasteiger partial charge in [0.15, 0.2) is 11.5 Å². The molecule has 5 heteroatoms. The van der Waals surface area contributed by atoms with Gasteiger partial charge < -0.3 is 19.4 Å². The number of rotatable bonds is 5. The molecule has 0 bridgehead atoms. The normalized spacial score (nSPS) is 10.4. The molecule has 0 N–H and O–H groups in total. The minimum Gasteiger partial charge on any atom is -0.549 e. The highest BCUT2D eigenvalue weighted by Gasteiger charge is 2.06. The first-order chi connectivity index (χ1) is 9.13. The van der Waals surface area contributed by atoms with Gasteiger partial charge in [-0.1, -0.05) is 6.07 Å². The van der Waals surface area contributed by atoms with Gasteiger partial charge >= 0.3 is 0 Å². The zero-order chi connectivity index (χ0) is 13.8. The summed E-state index contributed by atoms with van der Waals surface area (Å²) in [7, 11) is 3.17. The minimum atomic E-state index is -1.07. The first kappa shape index (κ1) is 13.5. The number of fused-ring (bicyclic) bond motifs is 1. The number of carboxylic acid groups (broad SMARTS) is 1. The van der Waals surface area contributed by atoms with Crippen LogP contribution in [-0.4, -0.2) is 25.9 Å². The van der Waals surface area contributed by atoms with Gasteiger partial charge in [-0.25, -0.2) is 0 Å². The Morgan fingerprint density at radius 2 is 1.74 bits per heavy atom. The van der Waals surface area contributed by atoms with Crippen LogP contribution in [0.3, 0.4) is 0 Å². The Labute approximate surface area is 115 Å². The Hall–Kier alpha value is -1.88. The van der Waals surface area contributed by atoms with Gasteiger partial charge in [0.1, 0.15) is 0 Å². The van der Waals surface area contributed by atoms with Crippen molar-refractivity contribution < 1.29 is 19.4 Å². The SMILES string of the molecule is COc1cc2ccc(SCC(=O)[O-])cc2cc1OC. The fraction of sp³-hybridized carbons (Fsp3) is 0.214. The molecule has 0 atom stereocenters. The van der Waals surface area contributed by atoms with Gasteiger partial charge in [-0.15, -0.1) is 11.8 Å². The average Bonchev–Trinajstić information content (AvgIpc) is 2.43. The first-order valence-corrected chi connectivity index (χ1v) is 6.61. The van der Waals surface area contributed by atoms with E-state index in [9.17, 15) is 9.90 Å². The Bertz CT molecular complexity index is 610. The van der Waals surface area contributed by atoms with Crippen LogP contribution in [0.5, 0.6) is 11.5 Å². The molecule has 0 aromatic heterocycles. The molecule has 0 saturated heterocycles. The van der Waals surface area contributed by atoms with E-state index in [1.807, 2.05) is 30.3 Å². The second kappa shape index (κ2) is 5.84. The standard InChI is InChI=1S/C14H14O4S/c1-17-12-6-9-3-4-11(19-8-14(15)16)5-10(9)7-13(12)18-2/h3-7H,8H2,1-2H3,(H,15,16)/p-1. The fourth-order valence-electron chi connectivity index (χ4n) is 1.79. The molecule has 4 nitrogen and oxygen atoms in total. The molecule has 0 amide bonds. The van der Waals surface area contributed by atoms with E-state index in [1.165, 1.54) is 11.8 Å². The lowest BCUT2D eigenvalue weighted by Gasteiger charge is -2.10. The van der Waals surface area contributed by atoms with Gasteiger partial charge in [0.25, 0.3) is 0 Å². The van der Waals surface area contributed by atoms with Crippen molar-refractivity contribution in [2.75, 3.05) is 20.0 Å². The van der Waals surface area contributed by atoms with Crippen molar-refractivity contribution >= 4 is 28.5 Å². The van der Waals surface area contributed by atoms with Gasteiger partial charge in [0.2, 0.25) is 0 Å². The molecule has 0 spiro atoms. The van der Waals surface area contributed by atoms with Crippen LogP contribution < -0.4 is 14.6 Å². The van der Waals surface area contributed by atoms with Crippen molar-refractivity contribution in [1.82, 2.24) is 0 Å². The monoisotopic (exact) mass is 277 g/mol. The van der Waals surface area contributed by atoms with Crippen LogP contribution >= 0.6 is 11.8 Å². The van der Waals surface area contributed by atoms with Gasteiger partial charge in [-0.3, -0.25) is 0 Å². The van der Waals surface area contributed by atoms with Crippen LogP contribution in [0.1, 0.15) is 0 Å². The third kappa shape index (κ3) is 3.12. The molecule has 0 aliphatic heterocycles. The smallest absolute Gasteiger partial charge is 0.161 e. The predicted octanol–water partition coefficient (Wildman–Crippen LogP) is 1.70. The van der Waals surface area contributed by atoms with Crippen molar-refractivity contribution in [3.05, 3.63) is 30.3 Å². The third-order valence-corrected chi connectivity index (χ3v) is 3.64. The molecule has 0 unspecified atom stereocenters. The topological polar surface area (TPSA) is 58.6 Å². The summed E-state index contributed by atoms with van der Waals surface area (Å²) in [5.41, 5.74) is 0. The molecule has 0 saturated carbocycles. The number of methoxy groups -OCH3 is 2. The molecular weight excluding hydrogens is 264 g/mol. The van der Waals surface area contributed by atoms with Crippen molar-refractivity contribution in [2.24, 2.45) is 0 Å². The molecule has 2 rings (SSSR count). The van der Waals surface area contributed by atoms with Crippen LogP contribution in [0.2, 0.25) is 0 Å². The van der Waals surface area contributed by atoms with Gasteiger partial charge in [-0.05, 0) is 35.0 Å². The largest absolute Gasteiger partial charge is 0.549 e. The zero-order valence-corrected chi connectivity index (χ0v) is 11.5. The second-order valence-corrected chi connectivity index (χ2v) is 4.93. The minimum absolute atomic E-state index is 0.0567. The highest BCUT2D eigenvalue weighted by Crippen LogP contribution is 2.33. The summed E-state index contributed by atoms with van der Waals surface area (Å²) in [6.07, 6.45) is 0. The molecule has 0 aliphatic carbocycles. The van der Waals surface area contributed by atoms with Crippen molar-refractivity contribution in [3.63, 3.8) is 0 Å². The number of thioether (sulfide) groups is 1. The average molecular weight is 277 g/mol. The lowest BCUT2D eigenvalue weighted by Crippen LogP contribution is -2.24. The van der Waals surface area contributed by atoms with Crippen molar-refractivity contribution in [2.45, 2.75) is 4.90 Å². The molecule has 2 aromatic rings. The van der Waals surface area contributed by atoms with E-state index >= 15 is 0 Å². The molecule has 2 aromatic carbocycles. The highest BCUT2D eigenvalue weighted by molar-refractivity contribution is 8.00. The quantitative estimate of drug-likeness (QED) is 0.779. The highest BCUT2D eigenvalue weighted by atomic mass is 32.2.